The maximum Gasteiger partial charge on any atom is 0.231 e. The molecule has 2 fully saturated rings. The lowest BCUT2D eigenvalue weighted by atomic mass is 9.81. The van der Waals surface area contributed by atoms with Gasteiger partial charge in [0, 0.05) is 54.6 Å². The first kappa shape index (κ1) is 31.7. The van der Waals surface area contributed by atoms with Crippen LogP contribution in [0.3, 0.4) is 0 Å². The lowest BCUT2D eigenvalue weighted by Crippen LogP contribution is -2.38. The lowest BCUT2D eigenvalue weighted by molar-refractivity contribution is 0.173. The van der Waals surface area contributed by atoms with Gasteiger partial charge in [-0.1, -0.05) is 24.3 Å². The van der Waals surface area contributed by atoms with Gasteiger partial charge in [0.05, 0.1) is 13.2 Å². The Morgan fingerprint density at radius 2 is 0.980 bits per heavy atom. The van der Waals surface area contributed by atoms with E-state index in [4.69, 9.17) is 28.4 Å². The summed E-state index contributed by atoms with van der Waals surface area (Å²) in [5, 5.41) is 7.01. The normalized spacial score (nSPS) is 22.6. The molecular formula is C39H40F2N2O6. The SMILES string of the molecule is Fc1ccc(C2CCNCC2COc2cc3c(cc2Cc2cc4c(cc2OCC2CNCCC2c2ccc(F)cc2)OCO4)OCO3)cc1. The molecule has 4 aromatic rings. The second kappa shape index (κ2) is 14.1. The molecule has 0 aliphatic carbocycles. The van der Waals surface area contributed by atoms with E-state index >= 15 is 0 Å². The summed E-state index contributed by atoms with van der Waals surface area (Å²) in [6.45, 7) is 4.68. The first-order valence-corrected chi connectivity index (χ1v) is 17.1. The van der Waals surface area contributed by atoms with Crippen LogP contribution in [0.5, 0.6) is 34.5 Å². The Labute approximate surface area is 284 Å². The van der Waals surface area contributed by atoms with Crippen molar-refractivity contribution in [3.8, 4) is 34.5 Å². The van der Waals surface area contributed by atoms with Crippen molar-refractivity contribution in [1.29, 1.82) is 0 Å². The van der Waals surface area contributed by atoms with Crippen molar-refractivity contribution in [1.82, 2.24) is 10.6 Å². The average molecular weight is 671 g/mol. The minimum atomic E-state index is -0.231. The van der Waals surface area contributed by atoms with E-state index in [1.165, 1.54) is 24.3 Å². The van der Waals surface area contributed by atoms with Crippen LogP contribution in [0.1, 0.15) is 46.9 Å². The summed E-state index contributed by atoms with van der Waals surface area (Å²) in [7, 11) is 0. The third-order valence-electron chi connectivity index (χ3n) is 10.2. The number of piperidine rings is 2. The highest BCUT2D eigenvalue weighted by Crippen LogP contribution is 2.44. The van der Waals surface area contributed by atoms with Crippen LogP contribution in [0.25, 0.3) is 0 Å². The van der Waals surface area contributed by atoms with E-state index in [0.717, 1.165) is 61.3 Å². The number of rotatable bonds is 10. The molecule has 4 aromatic carbocycles. The summed E-state index contributed by atoms with van der Waals surface area (Å²) in [5.41, 5.74) is 4.11. The van der Waals surface area contributed by atoms with Gasteiger partial charge < -0.3 is 39.1 Å². The van der Waals surface area contributed by atoms with Crippen LogP contribution in [0.15, 0.2) is 72.8 Å². The first-order valence-electron chi connectivity index (χ1n) is 17.1. The fourth-order valence-electron chi connectivity index (χ4n) is 7.57. The number of fused-ring (bicyclic) bond motifs is 2. The summed E-state index contributed by atoms with van der Waals surface area (Å²) in [5.74, 6) is 4.49. The van der Waals surface area contributed by atoms with Gasteiger partial charge in [0.15, 0.2) is 23.0 Å². The molecule has 4 atom stereocenters. The van der Waals surface area contributed by atoms with Crippen LogP contribution in [0, 0.1) is 23.5 Å². The van der Waals surface area contributed by atoms with E-state index in [2.05, 4.69) is 10.6 Å². The molecule has 0 bridgehead atoms. The van der Waals surface area contributed by atoms with E-state index in [1.807, 2.05) is 48.5 Å². The van der Waals surface area contributed by atoms with Crippen LogP contribution in [-0.4, -0.2) is 53.0 Å². The molecule has 0 radical (unpaired) electrons. The highest BCUT2D eigenvalue weighted by molar-refractivity contribution is 5.57. The third kappa shape index (κ3) is 6.98. The molecule has 2 N–H and O–H groups in total. The van der Waals surface area contributed by atoms with Gasteiger partial charge in [-0.2, -0.15) is 0 Å². The van der Waals surface area contributed by atoms with Gasteiger partial charge in [-0.15, -0.1) is 0 Å². The summed E-state index contributed by atoms with van der Waals surface area (Å²) in [6.07, 6.45) is 2.39. The Kier molecular flexibility index (Phi) is 9.15. The van der Waals surface area contributed by atoms with Crippen LogP contribution >= 0.6 is 0 Å². The van der Waals surface area contributed by atoms with Gasteiger partial charge in [-0.25, -0.2) is 8.78 Å². The number of nitrogens with one attached hydrogen (secondary N) is 2. The van der Waals surface area contributed by atoms with E-state index < -0.39 is 0 Å². The van der Waals surface area contributed by atoms with Crippen molar-refractivity contribution in [3.05, 3.63) is 107 Å². The number of benzene rings is 4. The van der Waals surface area contributed by atoms with Crippen LogP contribution < -0.4 is 39.1 Å². The van der Waals surface area contributed by atoms with Crippen LogP contribution in [-0.2, 0) is 6.42 Å². The highest BCUT2D eigenvalue weighted by atomic mass is 19.1. The standard InChI is InChI=1S/C39H40F2N2O6/c40-30-5-1-24(2-6-30)32-9-11-42-18-28(32)20-44-34-16-38-36(46-22-48-38)14-26(34)13-27-15-37-39(49-23-47-37)17-35(27)45-21-29-19-43-12-10-33(29)25-3-7-31(41)8-4-25/h1-8,14-17,28-29,32-33,42-43H,9-13,18-23H2. The molecule has 4 aliphatic rings. The molecule has 10 heteroatoms. The molecule has 2 saturated heterocycles. The Hall–Kier alpha value is -4.54. The molecular weight excluding hydrogens is 630 g/mol. The van der Waals surface area contributed by atoms with Gasteiger partial charge in [-0.3, -0.25) is 0 Å². The van der Waals surface area contributed by atoms with Gasteiger partial charge in [0.2, 0.25) is 13.6 Å². The predicted molar refractivity (Wildman–Crippen MR) is 179 cm³/mol. The lowest BCUT2D eigenvalue weighted by Gasteiger charge is -2.33. The minimum Gasteiger partial charge on any atom is -0.493 e. The Morgan fingerprint density at radius 3 is 1.41 bits per heavy atom. The Bertz CT molecular complexity index is 1640. The molecule has 0 amide bonds. The Balaban J connectivity index is 1.04. The van der Waals surface area contributed by atoms with Crippen molar-refractivity contribution in [2.45, 2.75) is 31.1 Å². The quantitative estimate of drug-likeness (QED) is 0.197. The second-order valence-electron chi connectivity index (χ2n) is 13.2. The largest absolute Gasteiger partial charge is 0.493 e. The van der Waals surface area contributed by atoms with E-state index in [9.17, 15) is 8.78 Å². The zero-order valence-electron chi connectivity index (χ0n) is 27.2. The molecule has 49 heavy (non-hydrogen) atoms. The zero-order chi connectivity index (χ0) is 33.2. The van der Waals surface area contributed by atoms with Crippen molar-refractivity contribution in [3.63, 3.8) is 0 Å². The molecule has 8 rings (SSSR count). The summed E-state index contributed by atoms with van der Waals surface area (Å²) in [4.78, 5) is 0. The van der Waals surface area contributed by atoms with Crippen molar-refractivity contribution < 1.29 is 37.2 Å². The fraction of sp³-hybridized carbons (Fsp3) is 0.385. The van der Waals surface area contributed by atoms with E-state index in [1.54, 1.807) is 0 Å². The van der Waals surface area contributed by atoms with Crippen LogP contribution in [0.4, 0.5) is 8.78 Å². The maximum absolute atomic E-state index is 13.7. The summed E-state index contributed by atoms with van der Waals surface area (Å²) < 4.78 is 63.7. The highest BCUT2D eigenvalue weighted by Gasteiger charge is 2.30. The Morgan fingerprint density at radius 1 is 0.571 bits per heavy atom. The van der Waals surface area contributed by atoms with Crippen LogP contribution in [0.2, 0.25) is 0 Å². The smallest absolute Gasteiger partial charge is 0.231 e. The van der Waals surface area contributed by atoms with Gasteiger partial charge in [0.25, 0.3) is 0 Å². The van der Waals surface area contributed by atoms with Crippen molar-refractivity contribution >= 4 is 0 Å². The van der Waals surface area contributed by atoms with E-state index in [0.29, 0.717) is 54.1 Å². The molecule has 4 unspecified atom stereocenters. The maximum atomic E-state index is 13.7. The predicted octanol–water partition coefficient (Wildman–Crippen LogP) is 6.56. The molecule has 8 nitrogen and oxygen atoms in total. The van der Waals surface area contributed by atoms with Crippen molar-refractivity contribution in [2.75, 3.05) is 53.0 Å². The van der Waals surface area contributed by atoms with Gasteiger partial charge in [0.1, 0.15) is 23.1 Å². The molecule has 0 spiro atoms. The molecule has 4 aliphatic heterocycles. The number of hydrogen-bond donors (Lipinski definition) is 2. The molecule has 0 saturated carbocycles. The van der Waals surface area contributed by atoms with E-state index in [-0.39, 0.29) is 48.9 Å². The first-order chi connectivity index (χ1) is 24.1. The topological polar surface area (TPSA) is 79.4 Å². The summed E-state index contributed by atoms with van der Waals surface area (Å²) in [6, 6.07) is 21.5. The minimum absolute atomic E-state index is 0.153. The summed E-state index contributed by atoms with van der Waals surface area (Å²) >= 11 is 0. The van der Waals surface area contributed by atoms with Gasteiger partial charge in [-0.05, 0) is 85.3 Å². The monoisotopic (exact) mass is 670 g/mol. The zero-order valence-corrected chi connectivity index (χ0v) is 27.2. The average Bonchev–Trinajstić information content (AvgIpc) is 3.79. The second-order valence-corrected chi connectivity index (χ2v) is 13.2. The third-order valence-corrected chi connectivity index (χ3v) is 10.2. The number of hydrogen-bond acceptors (Lipinski definition) is 8. The molecule has 0 aromatic heterocycles. The van der Waals surface area contributed by atoms with Crippen molar-refractivity contribution in [2.24, 2.45) is 11.8 Å². The fourth-order valence-corrected chi connectivity index (χ4v) is 7.57. The molecule has 256 valence electrons. The molecule has 4 heterocycles. The number of halogens is 2. The number of ether oxygens (including phenoxy) is 6. The van der Waals surface area contributed by atoms with Gasteiger partial charge >= 0.3 is 0 Å².